The van der Waals surface area contributed by atoms with Gasteiger partial charge in [-0.15, -0.1) is 0 Å². The Balaban J connectivity index is 1.58. The van der Waals surface area contributed by atoms with Gasteiger partial charge in [0.2, 0.25) is 5.95 Å². The van der Waals surface area contributed by atoms with Crippen molar-refractivity contribution >= 4 is 5.95 Å². The Morgan fingerprint density at radius 1 is 1.04 bits per heavy atom. The number of hydrogen-bond acceptors (Lipinski definition) is 6. The number of nitrogen functional groups attached to an aromatic ring is 1. The first-order valence-electron chi connectivity index (χ1n) is 8.05. The lowest BCUT2D eigenvalue weighted by atomic mass is 9.63. The fourth-order valence-corrected chi connectivity index (χ4v) is 3.09. The molecule has 1 fully saturated rings. The minimum absolute atomic E-state index is 0.214. The summed E-state index contributed by atoms with van der Waals surface area (Å²) in [7, 11) is 0. The third-order valence-electron chi connectivity index (χ3n) is 4.55. The van der Waals surface area contributed by atoms with Crippen LogP contribution in [0.1, 0.15) is 30.7 Å². The smallest absolute Gasteiger partial charge is 0.219 e. The van der Waals surface area contributed by atoms with Crippen molar-refractivity contribution in [3.8, 4) is 11.3 Å². The van der Waals surface area contributed by atoms with Crippen molar-refractivity contribution in [2.75, 3.05) is 5.73 Å². The normalized spacial score (nSPS) is 15.6. The van der Waals surface area contributed by atoms with Crippen LogP contribution in [-0.4, -0.2) is 25.1 Å². The van der Waals surface area contributed by atoms with Crippen LogP contribution in [-0.2, 0) is 5.41 Å². The predicted molar refractivity (Wildman–Crippen MR) is 90.6 cm³/mol. The van der Waals surface area contributed by atoms with Gasteiger partial charge in [0, 0.05) is 36.0 Å². The number of halogens is 1. The van der Waals surface area contributed by atoms with Crippen LogP contribution in [0.15, 0.2) is 42.9 Å². The molecular weight excluding hydrogens is 319 g/mol. The SMILES string of the molecule is Nc1ncc(-c2ccc([CH]C3(c4ncccc4F)CCC3)nn2)cn1. The summed E-state index contributed by atoms with van der Waals surface area (Å²) in [5.74, 6) is -0.0620. The molecule has 2 N–H and O–H groups in total. The molecule has 125 valence electrons. The van der Waals surface area contributed by atoms with E-state index in [4.69, 9.17) is 5.73 Å². The minimum atomic E-state index is -0.397. The van der Waals surface area contributed by atoms with E-state index < -0.39 is 5.41 Å². The molecular formula is C18H16FN6. The van der Waals surface area contributed by atoms with E-state index in [1.165, 1.54) is 6.07 Å². The van der Waals surface area contributed by atoms with Crippen LogP contribution in [0.2, 0.25) is 0 Å². The van der Waals surface area contributed by atoms with Crippen molar-refractivity contribution in [3.63, 3.8) is 0 Å². The van der Waals surface area contributed by atoms with Crippen molar-refractivity contribution in [3.05, 3.63) is 66.5 Å². The maximum atomic E-state index is 14.2. The van der Waals surface area contributed by atoms with Gasteiger partial charge < -0.3 is 5.73 Å². The minimum Gasteiger partial charge on any atom is -0.368 e. The molecule has 6 nitrogen and oxygen atoms in total. The van der Waals surface area contributed by atoms with Gasteiger partial charge in [-0.2, -0.15) is 10.2 Å². The van der Waals surface area contributed by atoms with Crippen LogP contribution >= 0.6 is 0 Å². The molecule has 0 unspecified atom stereocenters. The van der Waals surface area contributed by atoms with Crippen molar-refractivity contribution in [2.45, 2.75) is 24.7 Å². The number of anilines is 1. The number of pyridine rings is 1. The lowest BCUT2D eigenvalue weighted by molar-refractivity contribution is 0.274. The van der Waals surface area contributed by atoms with E-state index in [2.05, 4.69) is 25.1 Å². The quantitative estimate of drug-likeness (QED) is 0.788. The number of rotatable bonds is 4. The number of hydrogen-bond donors (Lipinski definition) is 1. The lowest BCUT2D eigenvalue weighted by Gasteiger charge is -2.41. The van der Waals surface area contributed by atoms with E-state index in [0.29, 0.717) is 17.1 Å². The summed E-state index contributed by atoms with van der Waals surface area (Å²) < 4.78 is 14.2. The Hall–Kier alpha value is -2.96. The highest BCUT2D eigenvalue weighted by atomic mass is 19.1. The summed E-state index contributed by atoms with van der Waals surface area (Å²) in [6.07, 6.45) is 9.56. The second-order valence-corrected chi connectivity index (χ2v) is 6.16. The maximum absolute atomic E-state index is 14.2. The van der Waals surface area contributed by atoms with Gasteiger partial charge in [0.25, 0.3) is 0 Å². The Morgan fingerprint density at radius 2 is 1.84 bits per heavy atom. The molecule has 0 saturated heterocycles. The van der Waals surface area contributed by atoms with Crippen LogP contribution in [0.25, 0.3) is 11.3 Å². The average Bonchev–Trinajstić information content (AvgIpc) is 2.60. The highest BCUT2D eigenvalue weighted by Crippen LogP contribution is 2.47. The largest absolute Gasteiger partial charge is 0.368 e. The summed E-state index contributed by atoms with van der Waals surface area (Å²) in [5.41, 5.74) is 7.67. The van der Waals surface area contributed by atoms with E-state index in [0.717, 1.165) is 24.8 Å². The molecule has 3 heterocycles. The van der Waals surface area contributed by atoms with Gasteiger partial charge in [-0.25, -0.2) is 14.4 Å². The summed E-state index contributed by atoms with van der Waals surface area (Å²) in [6, 6.07) is 6.76. The van der Waals surface area contributed by atoms with Gasteiger partial charge in [-0.3, -0.25) is 4.98 Å². The van der Waals surface area contributed by atoms with Crippen molar-refractivity contribution < 1.29 is 4.39 Å². The van der Waals surface area contributed by atoms with Crippen molar-refractivity contribution in [2.24, 2.45) is 0 Å². The zero-order valence-corrected chi connectivity index (χ0v) is 13.4. The molecule has 0 spiro atoms. The van der Waals surface area contributed by atoms with Gasteiger partial charge in [-0.05, 0) is 37.1 Å². The van der Waals surface area contributed by atoms with E-state index >= 15 is 0 Å². The molecule has 0 atom stereocenters. The van der Waals surface area contributed by atoms with Crippen molar-refractivity contribution in [1.82, 2.24) is 25.1 Å². The molecule has 1 saturated carbocycles. The van der Waals surface area contributed by atoms with Crippen molar-refractivity contribution in [1.29, 1.82) is 0 Å². The average molecular weight is 335 g/mol. The topological polar surface area (TPSA) is 90.5 Å². The monoisotopic (exact) mass is 335 g/mol. The fraction of sp³-hybridized carbons (Fsp3) is 0.222. The van der Waals surface area contributed by atoms with Gasteiger partial charge in [0.1, 0.15) is 5.82 Å². The first-order valence-corrected chi connectivity index (χ1v) is 8.05. The Morgan fingerprint density at radius 3 is 2.44 bits per heavy atom. The lowest BCUT2D eigenvalue weighted by Crippen LogP contribution is -2.37. The third kappa shape index (κ3) is 2.93. The highest BCUT2D eigenvalue weighted by Gasteiger charge is 2.42. The van der Waals surface area contributed by atoms with Gasteiger partial charge in [-0.1, -0.05) is 6.42 Å². The van der Waals surface area contributed by atoms with E-state index in [-0.39, 0.29) is 11.8 Å². The standard InChI is InChI=1S/C18H16FN6/c19-14-3-1-8-21-16(14)18(6-2-7-18)9-13-4-5-15(25-24-13)12-10-22-17(20)23-11-12/h1,3-5,8-11H,2,6-7H2,(H2,20,22,23). The molecule has 4 rings (SSSR count). The van der Waals surface area contributed by atoms with Crippen LogP contribution in [0.4, 0.5) is 10.3 Å². The second-order valence-electron chi connectivity index (χ2n) is 6.16. The van der Waals surface area contributed by atoms with Crippen LogP contribution in [0, 0.1) is 12.2 Å². The van der Waals surface area contributed by atoms with Gasteiger partial charge in [0.15, 0.2) is 0 Å². The van der Waals surface area contributed by atoms with Crippen LogP contribution < -0.4 is 5.73 Å². The second kappa shape index (κ2) is 6.16. The Labute approximate surface area is 144 Å². The highest BCUT2D eigenvalue weighted by molar-refractivity contribution is 5.56. The molecule has 3 aromatic rings. The summed E-state index contributed by atoms with van der Waals surface area (Å²) in [4.78, 5) is 12.2. The molecule has 25 heavy (non-hydrogen) atoms. The maximum Gasteiger partial charge on any atom is 0.219 e. The number of aromatic nitrogens is 5. The molecule has 1 radical (unpaired) electrons. The summed E-state index contributed by atoms with van der Waals surface area (Å²) in [6.45, 7) is 0. The molecule has 7 heteroatoms. The van der Waals surface area contributed by atoms with Gasteiger partial charge >= 0.3 is 0 Å². The van der Waals surface area contributed by atoms with E-state index in [1.807, 2.05) is 18.6 Å². The Bertz CT molecular complexity index is 875. The third-order valence-corrected chi connectivity index (χ3v) is 4.55. The zero-order chi connectivity index (χ0) is 17.3. The summed E-state index contributed by atoms with van der Waals surface area (Å²) >= 11 is 0. The zero-order valence-electron chi connectivity index (χ0n) is 13.4. The first-order chi connectivity index (χ1) is 12.2. The molecule has 0 amide bonds. The molecule has 0 aliphatic heterocycles. The molecule has 3 aromatic heterocycles. The van der Waals surface area contributed by atoms with Gasteiger partial charge in [0.05, 0.1) is 17.1 Å². The molecule has 1 aliphatic rings. The predicted octanol–water partition coefficient (Wildman–Crippen LogP) is 2.72. The van der Waals surface area contributed by atoms with E-state index in [1.54, 1.807) is 24.7 Å². The van der Waals surface area contributed by atoms with E-state index in [9.17, 15) is 4.39 Å². The fourth-order valence-electron chi connectivity index (χ4n) is 3.09. The van der Waals surface area contributed by atoms with Crippen LogP contribution in [0.5, 0.6) is 0 Å². The Kier molecular flexibility index (Phi) is 3.83. The summed E-state index contributed by atoms with van der Waals surface area (Å²) in [5, 5.41) is 8.48. The molecule has 0 bridgehead atoms. The molecule has 0 aromatic carbocycles. The number of nitrogens with zero attached hydrogens (tertiary/aromatic N) is 5. The van der Waals surface area contributed by atoms with Crippen LogP contribution in [0.3, 0.4) is 0 Å². The number of nitrogens with two attached hydrogens (primary N) is 1. The molecule has 1 aliphatic carbocycles. The first kappa shape index (κ1) is 15.6.